The van der Waals surface area contributed by atoms with Crippen LogP contribution >= 0.6 is 7.82 Å². The van der Waals surface area contributed by atoms with Gasteiger partial charge in [-0.2, -0.15) is 0 Å². The minimum atomic E-state index is -4.64. The minimum absolute atomic E-state index is 0. The van der Waals surface area contributed by atoms with Crippen LogP contribution in [-0.4, -0.2) is 69.8 Å². The molecule has 0 radical (unpaired) electrons. The first-order valence-electron chi connectivity index (χ1n) is 0.783. The van der Waals surface area contributed by atoms with Crippen LogP contribution in [0.2, 0.25) is 0 Å². The van der Waals surface area contributed by atoms with Gasteiger partial charge in [-0.1, -0.05) is 0 Å². The van der Waals surface area contributed by atoms with Gasteiger partial charge in [-0.15, -0.1) is 0 Å². The van der Waals surface area contributed by atoms with Crippen LogP contribution in [0.4, 0.5) is 0 Å². The van der Waals surface area contributed by atoms with Gasteiger partial charge in [-0.3, -0.25) is 0 Å². The molecule has 0 amide bonds. The summed E-state index contributed by atoms with van der Waals surface area (Å²) in [5.41, 5.74) is 0. The molecule has 0 aliphatic carbocycles. The molecule has 4 nitrogen and oxygen atoms in total. The molecular formula is H8AlCaCeO4P. The Morgan fingerprint density at radius 1 is 1.25 bits per heavy atom. The molecule has 46 valence electrons. The van der Waals surface area contributed by atoms with Crippen LogP contribution in [-0.2, 0) is 4.57 Å². The number of phosphoric acid groups is 1. The van der Waals surface area contributed by atoms with E-state index in [9.17, 15) is 0 Å². The van der Waals surface area contributed by atoms with Gasteiger partial charge in [0.25, 0.3) is 0 Å². The molecule has 0 saturated heterocycles. The van der Waals surface area contributed by atoms with Crippen molar-refractivity contribution in [2.45, 2.75) is 0 Å². The van der Waals surface area contributed by atoms with Crippen LogP contribution in [0.1, 0.15) is 2.85 Å². The second-order valence-electron chi connectivity index (χ2n) is 0.513. The zero-order chi connectivity index (χ0) is 4.50. The van der Waals surface area contributed by atoms with Gasteiger partial charge < -0.3 is 17.5 Å². The van der Waals surface area contributed by atoms with Gasteiger partial charge >= 0.3 is 45.6 Å². The third kappa shape index (κ3) is 59.2. The van der Waals surface area contributed by atoms with Crippen molar-refractivity contribution < 1.29 is 63.8 Å². The molecule has 0 atom stereocenters. The summed E-state index contributed by atoms with van der Waals surface area (Å²) >= 11 is 0. The zero-order valence-electron chi connectivity index (χ0n) is 5.40. The molecule has 0 heterocycles. The fraction of sp³-hybridized carbons (Fsp3) is 0. The summed E-state index contributed by atoms with van der Waals surface area (Å²) in [6.45, 7) is 0. The third-order valence-corrected chi connectivity index (χ3v) is 0. The van der Waals surface area contributed by atoms with E-state index in [0.29, 0.717) is 0 Å². The fourth-order valence-corrected chi connectivity index (χ4v) is 0. The maximum Gasteiger partial charge on any atom is 2.00 e. The molecule has 0 aromatic carbocycles. The molecule has 0 fully saturated rings. The second kappa shape index (κ2) is 10.3. The molecule has 0 rings (SSSR count). The van der Waals surface area contributed by atoms with Gasteiger partial charge in [-0.05, 0) is 0 Å². The van der Waals surface area contributed by atoms with Crippen LogP contribution in [0.15, 0.2) is 0 Å². The molecular weight excluding hydrogens is 302 g/mol. The average molecular weight is 310 g/mol. The Labute approximate surface area is 124 Å². The molecule has 8 heteroatoms. The summed E-state index contributed by atoms with van der Waals surface area (Å²) in [5, 5.41) is 0. The molecule has 3 N–H and O–H groups in total. The van der Waals surface area contributed by atoms with Crippen molar-refractivity contribution >= 4 is 62.9 Å². The minimum Gasteiger partial charge on any atom is -1.00 e. The van der Waals surface area contributed by atoms with E-state index >= 15 is 0 Å². The topological polar surface area (TPSA) is 77.8 Å². The molecule has 0 spiro atoms. The van der Waals surface area contributed by atoms with Crippen molar-refractivity contribution in [2.24, 2.45) is 0 Å². The summed E-state index contributed by atoms with van der Waals surface area (Å²) in [6, 6.07) is 0. The number of hydrogen-bond acceptors (Lipinski definition) is 1. The van der Waals surface area contributed by atoms with Crippen molar-refractivity contribution in [2.75, 3.05) is 0 Å². The molecule has 0 aromatic rings. The van der Waals surface area contributed by atoms with Gasteiger partial charge in [0.05, 0.1) is 0 Å². The summed E-state index contributed by atoms with van der Waals surface area (Å²) in [4.78, 5) is 21.6. The quantitative estimate of drug-likeness (QED) is 0.348. The first kappa shape index (κ1) is 22.5. The van der Waals surface area contributed by atoms with Gasteiger partial charge in [0.2, 0.25) is 0 Å². The van der Waals surface area contributed by atoms with E-state index in [1.54, 1.807) is 0 Å². The third-order valence-electron chi connectivity index (χ3n) is 0. The van der Waals surface area contributed by atoms with E-state index in [4.69, 9.17) is 19.2 Å². The van der Waals surface area contributed by atoms with E-state index in [0.717, 1.165) is 0 Å². The standard InChI is InChI=1S/Al.Ca.Ce.H3O4P.5H/c;;;1-5(2,3)4;;;;;/h;;;(H3,1,2,3,4);;;;;/q;+2;;;;;;2*-1. The Morgan fingerprint density at radius 2 is 1.25 bits per heavy atom. The number of rotatable bonds is 0. The second-order valence-corrected chi connectivity index (χ2v) is 1.54. The SMILES string of the molecule is O=P(O)(O)O.[AlH3].[Ca+2].[Ce].[H-].[H-]. The molecule has 0 unspecified atom stereocenters. The first-order chi connectivity index (χ1) is 2.00. The van der Waals surface area contributed by atoms with Crippen LogP contribution in [0, 0.1) is 41.7 Å². The van der Waals surface area contributed by atoms with Gasteiger partial charge in [-0.25, -0.2) is 4.57 Å². The molecule has 0 saturated carbocycles. The van der Waals surface area contributed by atoms with Crippen LogP contribution in [0.25, 0.3) is 0 Å². The van der Waals surface area contributed by atoms with Crippen molar-refractivity contribution in [1.29, 1.82) is 0 Å². The van der Waals surface area contributed by atoms with Crippen molar-refractivity contribution in [3.05, 3.63) is 0 Å². The van der Waals surface area contributed by atoms with E-state index in [1.165, 1.54) is 0 Å². The molecule has 0 aromatic heterocycles. The van der Waals surface area contributed by atoms with E-state index in [2.05, 4.69) is 0 Å². The summed E-state index contributed by atoms with van der Waals surface area (Å²) in [5.74, 6) is 0. The van der Waals surface area contributed by atoms with Gasteiger partial charge in [0.15, 0.2) is 17.4 Å². The Morgan fingerprint density at radius 3 is 1.25 bits per heavy atom. The van der Waals surface area contributed by atoms with Crippen LogP contribution < -0.4 is 0 Å². The van der Waals surface area contributed by atoms with Crippen LogP contribution in [0.3, 0.4) is 0 Å². The molecule has 0 bridgehead atoms. The summed E-state index contributed by atoms with van der Waals surface area (Å²) < 4.78 is 8.88. The van der Waals surface area contributed by atoms with Crippen molar-refractivity contribution in [3.63, 3.8) is 0 Å². The predicted molar refractivity (Wildman–Crippen MR) is 32.2 cm³/mol. The Hall–Kier alpha value is 3.28. The summed E-state index contributed by atoms with van der Waals surface area (Å²) in [7, 11) is -4.64. The van der Waals surface area contributed by atoms with E-state index in [-0.39, 0.29) is 99.7 Å². The molecule has 0 aliphatic heterocycles. The Kier molecular flexibility index (Phi) is 28.9. The zero-order valence-corrected chi connectivity index (χ0v) is 9.65. The maximum absolute atomic E-state index is 8.88. The summed E-state index contributed by atoms with van der Waals surface area (Å²) in [6.07, 6.45) is 0. The smallest absolute Gasteiger partial charge is 1.00 e. The van der Waals surface area contributed by atoms with E-state index in [1.807, 2.05) is 0 Å². The van der Waals surface area contributed by atoms with E-state index < -0.39 is 7.82 Å². The first-order valence-corrected chi connectivity index (χ1v) is 2.35. The van der Waals surface area contributed by atoms with Gasteiger partial charge in [0.1, 0.15) is 0 Å². The predicted octanol–water partition coefficient (Wildman–Crippen LogP) is -2.27. The van der Waals surface area contributed by atoms with Crippen molar-refractivity contribution in [1.82, 2.24) is 0 Å². The van der Waals surface area contributed by atoms with Crippen molar-refractivity contribution in [3.8, 4) is 0 Å². The average Bonchev–Trinajstić information content (AvgIpc) is 0.722. The fourth-order valence-electron chi connectivity index (χ4n) is 0. The van der Waals surface area contributed by atoms with Gasteiger partial charge in [0, 0.05) is 41.7 Å². The molecule has 8 heavy (non-hydrogen) atoms. The maximum atomic E-state index is 8.88. The molecule has 0 aliphatic rings. The number of hydrogen-bond donors (Lipinski definition) is 3. The van der Waals surface area contributed by atoms with Crippen LogP contribution in [0.5, 0.6) is 0 Å². The normalized spacial score (nSPS) is 7.38. The Bertz CT molecular complexity index is 69.4. The monoisotopic (exact) mass is 310 g/mol. The Balaban J connectivity index is -0.00000000800. The largest absolute Gasteiger partial charge is 2.00 e.